The molecular weight excluding hydrogens is 120 g/mol. The van der Waals surface area contributed by atoms with Gasteiger partial charge in [-0.3, -0.25) is 5.32 Å². The summed E-state index contributed by atoms with van der Waals surface area (Å²) in [6.45, 7) is -0.123. The number of aliphatic hydroxyl groups excluding tert-OH is 2. The fraction of sp³-hybridized carbons (Fsp3) is 0.800. The largest absolute Gasteiger partial charge is 0.395 e. The van der Waals surface area contributed by atoms with Crippen molar-refractivity contribution in [3.8, 4) is 6.07 Å². The van der Waals surface area contributed by atoms with Crippen LogP contribution < -0.4 is 5.32 Å². The van der Waals surface area contributed by atoms with Gasteiger partial charge in [0.2, 0.25) is 0 Å². The van der Waals surface area contributed by atoms with Gasteiger partial charge in [0, 0.05) is 0 Å². The molecule has 0 aliphatic rings. The van der Waals surface area contributed by atoms with Crippen LogP contribution in [0.3, 0.4) is 0 Å². The molecule has 0 aliphatic heterocycles. The molecule has 0 aromatic rings. The highest BCUT2D eigenvalue weighted by Gasteiger charge is 2.01. The molecule has 0 atom stereocenters. The Morgan fingerprint density at radius 3 is 2.33 bits per heavy atom. The Morgan fingerprint density at radius 2 is 2.00 bits per heavy atom. The van der Waals surface area contributed by atoms with E-state index < -0.39 is 0 Å². The first kappa shape index (κ1) is 8.37. The Labute approximate surface area is 53.7 Å². The van der Waals surface area contributed by atoms with Gasteiger partial charge in [0.1, 0.15) is 0 Å². The normalized spacial score (nSPS) is 9.56. The maximum absolute atomic E-state index is 8.42. The molecule has 0 bridgehead atoms. The number of aliphatic hydroxyl groups is 2. The minimum Gasteiger partial charge on any atom is -0.395 e. The van der Waals surface area contributed by atoms with Crippen molar-refractivity contribution in [2.45, 2.75) is 6.04 Å². The molecule has 0 amide bonds. The molecule has 0 radical (unpaired) electrons. The smallest absolute Gasteiger partial charge is 0.0844 e. The van der Waals surface area contributed by atoms with Gasteiger partial charge in [-0.2, -0.15) is 5.26 Å². The molecule has 0 rings (SSSR count). The van der Waals surface area contributed by atoms with Crippen LogP contribution in [0.25, 0.3) is 0 Å². The Bertz CT molecular complexity index is 95.6. The zero-order valence-corrected chi connectivity index (χ0v) is 5.04. The van der Waals surface area contributed by atoms with E-state index in [0.29, 0.717) is 0 Å². The molecule has 0 unspecified atom stereocenters. The number of hydrogen-bond acceptors (Lipinski definition) is 4. The van der Waals surface area contributed by atoms with Gasteiger partial charge >= 0.3 is 0 Å². The zero-order chi connectivity index (χ0) is 7.11. The molecule has 9 heavy (non-hydrogen) atoms. The highest BCUT2D eigenvalue weighted by molar-refractivity contribution is 4.76. The third-order valence-corrected chi connectivity index (χ3v) is 0.911. The van der Waals surface area contributed by atoms with Gasteiger partial charge in [0.15, 0.2) is 0 Å². The first-order chi connectivity index (χ1) is 4.35. The third kappa shape index (κ3) is 3.91. The quantitative estimate of drug-likeness (QED) is 0.403. The summed E-state index contributed by atoms with van der Waals surface area (Å²) in [5.74, 6) is 0. The van der Waals surface area contributed by atoms with Gasteiger partial charge in [-0.15, -0.1) is 0 Å². The number of nitrogens with zero attached hydrogens (tertiary/aromatic N) is 1. The van der Waals surface area contributed by atoms with Crippen molar-refractivity contribution in [1.29, 1.82) is 5.26 Å². The molecule has 0 saturated heterocycles. The fourth-order valence-corrected chi connectivity index (χ4v) is 0.377. The predicted octanol–water partition coefficient (Wildman–Crippen LogP) is -1.55. The maximum atomic E-state index is 8.42. The van der Waals surface area contributed by atoms with E-state index in [1.165, 1.54) is 0 Å². The molecule has 3 N–H and O–H groups in total. The van der Waals surface area contributed by atoms with Crippen LogP contribution in [0.1, 0.15) is 0 Å². The van der Waals surface area contributed by atoms with Crippen LogP contribution >= 0.6 is 0 Å². The first-order valence-electron chi connectivity index (χ1n) is 2.67. The highest BCUT2D eigenvalue weighted by atomic mass is 16.3. The van der Waals surface area contributed by atoms with E-state index in [2.05, 4.69) is 5.32 Å². The molecule has 4 nitrogen and oxygen atoms in total. The van der Waals surface area contributed by atoms with Crippen molar-refractivity contribution in [2.24, 2.45) is 0 Å². The number of rotatable bonds is 4. The molecule has 0 fully saturated rings. The van der Waals surface area contributed by atoms with Gasteiger partial charge in [-0.25, -0.2) is 0 Å². The summed E-state index contributed by atoms with van der Waals surface area (Å²) < 4.78 is 0. The lowest BCUT2D eigenvalue weighted by molar-refractivity contribution is 0.174. The average Bonchev–Trinajstić information content (AvgIpc) is 1.91. The van der Waals surface area contributed by atoms with E-state index in [-0.39, 0.29) is 25.8 Å². The van der Waals surface area contributed by atoms with Gasteiger partial charge < -0.3 is 10.2 Å². The highest BCUT2D eigenvalue weighted by Crippen LogP contribution is 1.75. The summed E-state index contributed by atoms with van der Waals surface area (Å²) in [4.78, 5) is 0. The van der Waals surface area contributed by atoms with Crippen LogP contribution in [0, 0.1) is 11.3 Å². The SMILES string of the molecule is N#CCNC(CO)CO. The first-order valence-corrected chi connectivity index (χ1v) is 2.67. The summed E-state index contributed by atoms with van der Waals surface area (Å²) in [6, 6.07) is 1.48. The van der Waals surface area contributed by atoms with E-state index in [1.54, 1.807) is 0 Å². The van der Waals surface area contributed by atoms with Gasteiger partial charge in [-0.1, -0.05) is 0 Å². The van der Waals surface area contributed by atoms with E-state index in [0.717, 1.165) is 0 Å². The van der Waals surface area contributed by atoms with Gasteiger partial charge in [0.05, 0.1) is 31.9 Å². The summed E-state index contributed by atoms with van der Waals surface area (Å²) >= 11 is 0. The Kier molecular flexibility index (Phi) is 5.12. The summed E-state index contributed by atoms with van der Waals surface area (Å²) in [5.41, 5.74) is 0. The van der Waals surface area contributed by atoms with Crippen molar-refractivity contribution in [3.63, 3.8) is 0 Å². The maximum Gasteiger partial charge on any atom is 0.0844 e. The zero-order valence-electron chi connectivity index (χ0n) is 5.04. The molecule has 52 valence electrons. The van der Waals surface area contributed by atoms with Crippen molar-refractivity contribution >= 4 is 0 Å². The Balaban J connectivity index is 3.22. The second-order valence-corrected chi connectivity index (χ2v) is 1.60. The number of nitriles is 1. The molecule has 0 aliphatic carbocycles. The standard InChI is InChI=1S/C5H10N2O2/c6-1-2-7-5(3-8)4-9/h5,7-9H,2-4H2. The summed E-state index contributed by atoms with van der Waals surface area (Å²) in [6.07, 6.45) is 0. The lowest BCUT2D eigenvalue weighted by Gasteiger charge is -2.08. The van der Waals surface area contributed by atoms with Crippen LogP contribution in [-0.4, -0.2) is 36.0 Å². The molecule has 4 heteroatoms. The third-order valence-electron chi connectivity index (χ3n) is 0.911. The molecule has 0 spiro atoms. The fourth-order valence-electron chi connectivity index (χ4n) is 0.377. The topological polar surface area (TPSA) is 76.3 Å². The summed E-state index contributed by atoms with van der Waals surface area (Å²) in [5, 5.41) is 27.5. The molecule has 0 heterocycles. The van der Waals surface area contributed by atoms with Crippen molar-refractivity contribution < 1.29 is 10.2 Å². The van der Waals surface area contributed by atoms with Crippen molar-refractivity contribution in [2.75, 3.05) is 19.8 Å². The number of hydrogen-bond donors (Lipinski definition) is 3. The van der Waals surface area contributed by atoms with Crippen LogP contribution in [-0.2, 0) is 0 Å². The minimum atomic E-state index is -0.357. The van der Waals surface area contributed by atoms with Crippen LogP contribution in [0.4, 0.5) is 0 Å². The van der Waals surface area contributed by atoms with E-state index >= 15 is 0 Å². The predicted molar refractivity (Wildman–Crippen MR) is 31.6 cm³/mol. The second-order valence-electron chi connectivity index (χ2n) is 1.60. The Morgan fingerprint density at radius 1 is 1.44 bits per heavy atom. The van der Waals surface area contributed by atoms with Crippen LogP contribution in [0.15, 0.2) is 0 Å². The molecule has 0 aromatic heterocycles. The molecule has 0 saturated carbocycles. The average molecular weight is 130 g/mol. The van der Waals surface area contributed by atoms with Crippen molar-refractivity contribution in [3.05, 3.63) is 0 Å². The van der Waals surface area contributed by atoms with Crippen LogP contribution in [0.5, 0.6) is 0 Å². The molecule has 0 aromatic carbocycles. The lowest BCUT2D eigenvalue weighted by Crippen LogP contribution is -2.35. The monoisotopic (exact) mass is 130 g/mol. The van der Waals surface area contributed by atoms with E-state index in [4.69, 9.17) is 15.5 Å². The van der Waals surface area contributed by atoms with Gasteiger partial charge in [0.25, 0.3) is 0 Å². The molecular formula is C5H10N2O2. The second kappa shape index (κ2) is 5.51. The van der Waals surface area contributed by atoms with Crippen LogP contribution in [0.2, 0.25) is 0 Å². The minimum absolute atomic E-state index is 0.141. The lowest BCUT2D eigenvalue weighted by atomic mass is 10.3. The van der Waals surface area contributed by atoms with E-state index in [9.17, 15) is 0 Å². The Hall–Kier alpha value is -0.630. The summed E-state index contributed by atoms with van der Waals surface area (Å²) in [7, 11) is 0. The van der Waals surface area contributed by atoms with Gasteiger partial charge in [-0.05, 0) is 0 Å². The number of nitrogens with one attached hydrogen (secondary N) is 1. The van der Waals surface area contributed by atoms with E-state index in [1.807, 2.05) is 6.07 Å². The van der Waals surface area contributed by atoms with Crippen molar-refractivity contribution in [1.82, 2.24) is 5.32 Å².